The third kappa shape index (κ3) is 9.03. The van der Waals surface area contributed by atoms with Gasteiger partial charge in [0.2, 0.25) is 5.78 Å². The molecule has 0 bridgehead atoms. The summed E-state index contributed by atoms with van der Waals surface area (Å²) >= 11 is 0. The van der Waals surface area contributed by atoms with Crippen LogP contribution in [0.3, 0.4) is 0 Å². The quantitative estimate of drug-likeness (QED) is 0.181. The van der Waals surface area contributed by atoms with Gasteiger partial charge in [-0.1, -0.05) is 55.3 Å². The van der Waals surface area contributed by atoms with Gasteiger partial charge in [0.25, 0.3) is 0 Å². The van der Waals surface area contributed by atoms with Crippen LogP contribution in [0.2, 0.25) is 0 Å². The van der Waals surface area contributed by atoms with Gasteiger partial charge in [-0.3, -0.25) is 9.59 Å². The fraction of sp³-hybridized carbons (Fsp3) is 0.486. The maximum atomic E-state index is 12.4. The largest absolute Gasteiger partial charge is 0.497 e. The Kier molecular flexibility index (Phi) is 13.5. The second-order valence-electron chi connectivity index (χ2n) is 12.4. The first-order chi connectivity index (χ1) is 21.9. The van der Waals surface area contributed by atoms with Crippen LogP contribution in [0.15, 0.2) is 66.7 Å². The minimum Gasteiger partial charge on any atom is -0.497 e. The number of aliphatic carboxylic acids is 1. The molecule has 1 aliphatic carbocycles. The van der Waals surface area contributed by atoms with Crippen LogP contribution >= 0.6 is 0 Å². The number of carbonyl (C=O) groups excluding carboxylic acids is 1. The highest BCUT2D eigenvalue weighted by Crippen LogP contribution is 2.42. The highest BCUT2D eigenvalue weighted by atomic mass is 16.5. The number of methoxy groups -OCH3 is 1. The van der Waals surface area contributed by atoms with E-state index in [1.54, 1.807) is 31.4 Å². The second-order valence-corrected chi connectivity index (χ2v) is 12.4. The molecule has 1 aromatic heterocycles. The number of hydrogen-bond donors (Lipinski definition) is 6. The summed E-state index contributed by atoms with van der Waals surface area (Å²) in [6, 6.07) is 20.4. The molecule has 0 radical (unpaired) electrons. The Balaban J connectivity index is 0.000000204. The molecule has 46 heavy (non-hydrogen) atoms. The number of carboxylic acids is 1. The third-order valence-corrected chi connectivity index (χ3v) is 8.72. The van der Waals surface area contributed by atoms with Crippen molar-refractivity contribution in [2.45, 2.75) is 55.7 Å². The van der Waals surface area contributed by atoms with Crippen LogP contribution in [-0.2, 0) is 16.9 Å². The number of aromatic nitrogens is 1. The summed E-state index contributed by atoms with van der Waals surface area (Å²) in [6.45, 7) is 0.306. The van der Waals surface area contributed by atoms with Gasteiger partial charge >= 0.3 is 5.97 Å². The highest BCUT2D eigenvalue weighted by Gasteiger charge is 2.40. The van der Waals surface area contributed by atoms with Crippen molar-refractivity contribution >= 4 is 11.8 Å². The number of nitrogens with two attached hydrogens (primary N) is 1. The summed E-state index contributed by atoms with van der Waals surface area (Å²) < 4.78 is 7.11. The molecule has 1 saturated carbocycles. The van der Waals surface area contributed by atoms with Gasteiger partial charge in [0.15, 0.2) is 0 Å². The maximum absolute atomic E-state index is 12.4. The van der Waals surface area contributed by atoms with Gasteiger partial charge in [0, 0.05) is 30.3 Å². The Morgan fingerprint density at radius 1 is 0.978 bits per heavy atom. The molecule has 5 rings (SSSR count). The van der Waals surface area contributed by atoms with Gasteiger partial charge in [-0.25, -0.2) is 0 Å². The van der Waals surface area contributed by atoms with E-state index in [2.05, 4.69) is 19.0 Å². The number of ether oxygens (including phenoxy) is 1. The van der Waals surface area contributed by atoms with E-state index in [0.29, 0.717) is 30.1 Å². The smallest absolute Gasteiger partial charge is 0.312 e. The molecule has 2 aromatic carbocycles. The summed E-state index contributed by atoms with van der Waals surface area (Å²) in [5.41, 5.74) is 6.15. The second kappa shape index (κ2) is 16.8. The molecule has 3 atom stereocenters. The number of carbonyl (C=O) groups is 2. The molecule has 3 aromatic rings. The molecule has 0 amide bonds. The fourth-order valence-electron chi connectivity index (χ4n) is 5.96. The standard InChI is InChI=1S/C16H25NO2.C15H13NO3.C4H11NO3/c1-17(2)12-14-7-4-5-10-16(14,18)13-8-6-9-15(11-13)19-3;17-14(10-4-2-1-3-5-10)13-7-6-12-11(15(18)19)8-9-16(12)13;5-4(1-6,2-7)3-8/h6,8-9,11,14,18H,4-5,7,10,12H2,1-3H3;1-7,11H,8-9H2,(H,18,19);6-8H,1-3,5H2/t14-,16+;;/m1../s1. The van der Waals surface area contributed by atoms with Crippen molar-refractivity contribution in [3.05, 3.63) is 89.2 Å². The lowest BCUT2D eigenvalue weighted by atomic mass is 9.71. The van der Waals surface area contributed by atoms with E-state index < -0.39 is 42.8 Å². The van der Waals surface area contributed by atoms with Gasteiger partial charge in [0.05, 0.1) is 49.7 Å². The van der Waals surface area contributed by atoms with Gasteiger partial charge in [-0.2, -0.15) is 0 Å². The van der Waals surface area contributed by atoms with Crippen LogP contribution in [0, 0.1) is 5.92 Å². The number of rotatable bonds is 10. The molecule has 2 heterocycles. The molecular formula is C35H49N3O8. The first-order valence-electron chi connectivity index (χ1n) is 15.6. The third-order valence-electron chi connectivity index (χ3n) is 8.72. The van der Waals surface area contributed by atoms with Gasteiger partial charge in [-0.05, 0) is 63.2 Å². The number of fused-ring (bicyclic) bond motifs is 1. The van der Waals surface area contributed by atoms with Gasteiger partial charge in [0.1, 0.15) is 5.75 Å². The Labute approximate surface area is 270 Å². The first-order valence-corrected chi connectivity index (χ1v) is 15.6. The average molecular weight is 640 g/mol. The van der Waals surface area contributed by atoms with Crippen molar-refractivity contribution in [1.29, 1.82) is 0 Å². The Morgan fingerprint density at radius 2 is 1.65 bits per heavy atom. The van der Waals surface area contributed by atoms with E-state index in [4.69, 9.17) is 30.9 Å². The zero-order valence-corrected chi connectivity index (χ0v) is 27.0. The zero-order valence-electron chi connectivity index (χ0n) is 27.0. The normalized spacial score (nSPS) is 20.5. The lowest BCUT2D eigenvalue weighted by Crippen LogP contribution is -2.50. The summed E-state index contributed by atoms with van der Waals surface area (Å²) in [6.07, 6.45) is 4.80. The summed E-state index contributed by atoms with van der Waals surface area (Å²) in [5, 5.41) is 45.3. The number of ketones is 1. The van der Waals surface area contributed by atoms with E-state index in [1.807, 2.05) is 47.0 Å². The number of aliphatic hydroxyl groups is 4. The number of nitrogens with zero attached hydrogens (tertiary/aromatic N) is 2. The van der Waals surface area contributed by atoms with Crippen LogP contribution in [0.1, 0.15) is 65.3 Å². The number of carboxylic acid groups (broad SMARTS) is 1. The van der Waals surface area contributed by atoms with E-state index in [1.165, 1.54) is 6.42 Å². The van der Waals surface area contributed by atoms with Crippen molar-refractivity contribution in [3.63, 3.8) is 0 Å². The summed E-state index contributed by atoms with van der Waals surface area (Å²) in [4.78, 5) is 25.7. The highest BCUT2D eigenvalue weighted by molar-refractivity contribution is 6.08. The lowest BCUT2D eigenvalue weighted by Gasteiger charge is -2.41. The van der Waals surface area contributed by atoms with E-state index in [-0.39, 0.29) is 5.78 Å². The number of aliphatic hydroxyl groups excluding tert-OH is 3. The molecule has 252 valence electrons. The van der Waals surface area contributed by atoms with Crippen molar-refractivity contribution in [1.82, 2.24) is 9.47 Å². The van der Waals surface area contributed by atoms with Gasteiger partial charge < -0.3 is 45.5 Å². The minimum absolute atomic E-state index is 0.0575. The molecule has 0 saturated heterocycles. The molecule has 11 nitrogen and oxygen atoms in total. The SMILES string of the molecule is COc1cccc([C@@]2(O)CCCC[C@@H]2CN(C)C)c1.NC(CO)(CO)CO.O=C(c1ccccc1)c1ccc2n1CCC2C(=O)O. The lowest BCUT2D eigenvalue weighted by molar-refractivity contribution is -0.138. The zero-order chi connectivity index (χ0) is 33.9. The molecule has 11 heteroatoms. The summed E-state index contributed by atoms with van der Waals surface area (Å²) in [5.74, 6) is -0.255. The molecule has 1 unspecified atom stereocenters. The van der Waals surface area contributed by atoms with Crippen LogP contribution in [0.4, 0.5) is 0 Å². The van der Waals surface area contributed by atoms with E-state index in [9.17, 15) is 14.7 Å². The monoisotopic (exact) mass is 639 g/mol. The molecule has 1 fully saturated rings. The van der Waals surface area contributed by atoms with Crippen LogP contribution in [0.25, 0.3) is 0 Å². The first kappa shape index (κ1) is 36.9. The van der Waals surface area contributed by atoms with Crippen LogP contribution < -0.4 is 10.5 Å². The Morgan fingerprint density at radius 3 is 2.22 bits per heavy atom. The topological polar surface area (TPSA) is 179 Å². The molecular weight excluding hydrogens is 590 g/mol. The molecule has 7 N–H and O–H groups in total. The maximum Gasteiger partial charge on any atom is 0.312 e. The Hall–Kier alpha value is -3.58. The predicted molar refractivity (Wildman–Crippen MR) is 175 cm³/mol. The van der Waals surface area contributed by atoms with Crippen molar-refractivity contribution in [2.75, 3.05) is 47.6 Å². The van der Waals surface area contributed by atoms with Crippen LogP contribution in [0.5, 0.6) is 5.75 Å². The minimum atomic E-state index is -1.21. The number of benzene rings is 2. The van der Waals surface area contributed by atoms with Crippen molar-refractivity contribution in [3.8, 4) is 5.75 Å². The fourth-order valence-corrected chi connectivity index (χ4v) is 5.96. The number of hydrogen-bond acceptors (Lipinski definition) is 9. The van der Waals surface area contributed by atoms with Crippen LogP contribution in [-0.4, -0.2) is 99.9 Å². The average Bonchev–Trinajstić information content (AvgIpc) is 3.69. The van der Waals surface area contributed by atoms with E-state index in [0.717, 1.165) is 42.8 Å². The Bertz CT molecular complexity index is 1400. The molecule has 2 aliphatic rings. The van der Waals surface area contributed by atoms with E-state index >= 15 is 0 Å². The summed E-state index contributed by atoms with van der Waals surface area (Å²) in [7, 11) is 5.81. The van der Waals surface area contributed by atoms with Crippen molar-refractivity contribution in [2.24, 2.45) is 11.7 Å². The van der Waals surface area contributed by atoms with Gasteiger partial charge in [-0.15, -0.1) is 0 Å². The molecule has 1 aliphatic heterocycles. The van der Waals surface area contributed by atoms with Crippen molar-refractivity contribution < 1.29 is 39.9 Å². The predicted octanol–water partition coefficient (Wildman–Crippen LogP) is 2.59. The molecule has 0 spiro atoms.